The van der Waals surface area contributed by atoms with Gasteiger partial charge in [-0.1, -0.05) is 13.8 Å². The number of nitrogens with zero attached hydrogens (tertiary/aromatic N) is 3. The van der Waals surface area contributed by atoms with Gasteiger partial charge in [-0.25, -0.2) is 0 Å². The Morgan fingerprint density at radius 1 is 1.38 bits per heavy atom. The van der Waals surface area contributed by atoms with E-state index in [1.165, 1.54) is 12.1 Å². The molecule has 1 aromatic heterocycles. The van der Waals surface area contributed by atoms with Gasteiger partial charge >= 0.3 is 0 Å². The highest BCUT2D eigenvalue weighted by Crippen LogP contribution is 2.24. The smallest absolute Gasteiger partial charge is 0.269 e. The summed E-state index contributed by atoms with van der Waals surface area (Å²) < 4.78 is 1.72. The Bertz CT molecular complexity index is 705. The van der Waals surface area contributed by atoms with Gasteiger partial charge in [0.05, 0.1) is 16.2 Å². The Kier molecular flexibility index (Phi) is 5.36. The summed E-state index contributed by atoms with van der Waals surface area (Å²) in [5.74, 6) is 0.146. The Morgan fingerprint density at radius 3 is 2.54 bits per heavy atom. The van der Waals surface area contributed by atoms with Gasteiger partial charge in [0, 0.05) is 49.6 Å². The number of aromatic nitrogens is 2. The number of nitro groups is 1. The lowest BCUT2D eigenvalue weighted by atomic mass is 9.92. The predicted octanol–water partition coefficient (Wildman–Crippen LogP) is 2.49. The number of benzene rings is 1. The van der Waals surface area contributed by atoms with Crippen LogP contribution >= 0.6 is 0 Å². The molecule has 7 nitrogen and oxygen atoms in total. The molecule has 1 aromatic carbocycles. The fourth-order valence-corrected chi connectivity index (χ4v) is 2.31. The Labute approximate surface area is 141 Å². The first-order chi connectivity index (χ1) is 11.2. The summed E-state index contributed by atoms with van der Waals surface area (Å²) in [6.45, 7) is 6.80. The average Bonchev–Trinajstić information content (AvgIpc) is 2.88. The molecule has 0 spiro atoms. The molecule has 0 saturated heterocycles. The largest absolute Gasteiger partial charge is 0.389 e. The zero-order valence-corrected chi connectivity index (χ0v) is 14.5. The molecule has 0 radical (unpaired) electrons. The Hall–Kier alpha value is -2.25. The molecule has 0 saturated carbocycles. The summed E-state index contributed by atoms with van der Waals surface area (Å²) in [4.78, 5) is 10.3. The van der Waals surface area contributed by atoms with Crippen molar-refractivity contribution >= 4 is 5.69 Å². The van der Waals surface area contributed by atoms with Crippen LogP contribution in [-0.2, 0) is 13.6 Å². The maximum absolute atomic E-state index is 10.8. The third kappa shape index (κ3) is 4.18. The number of hydrogen-bond donors (Lipinski definition) is 2. The lowest BCUT2D eigenvalue weighted by molar-refractivity contribution is -0.384. The Morgan fingerprint density at radius 2 is 2.00 bits per heavy atom. The van der Waals surface area contributed by atoms with E-state index in [4.69, 9.17) is 0 Å². The van der Waals surface area contributed by atoms with Gasteiger partial charge in [-0.15, -0.1) is 0 Å². The predicted molar refractivity (Wildman–Crippen MR) is 92.5 cm³/mol. The highest BCUT2D eigenvalue weighted by molar-refractivity contribution is 5.64. The van der Waals surface area contributed by atoms with E-state index in [-0.39, 0.29) is 11.6 Å². The summed E-state index contributed by atoms with van der Waals surface area (Å²) in [5.41, 5.74) is 1.86. The van der Waals surface area contributed by atoms with Crippen molar-refractivity contribution in [1.29, 1.82) is 0 Å². The first-order valence-corrected chi connectivity index (χ1v) is 7.91. The molecule has 0 aliphatic carbocycles. The van der Waals surface area contributed by atoms with Crippen LogP contribution in [0.25, 0.3) is 11.3 Å². The van der Waals surface area contributed by atoms with Gasteiger partial charge in [0.2, 0.25) is 0 Å². The second-order valence-corrected chi connectivity index (χ2v) is 6.60. The molecule has 0 amide bonds. The SMILES string of the molecule is CC(C)C(C)(O)CNCc1cn(C)nc1-c1ccc([N+](=O)[O-])cc1. The molecule has 1 atom stereocenters. The molecule has 7 heteroatoms. The first-order valence-electron chi connectivity index (χ1n) is 7.91. The average molecular weight is 332 g/mol. The molecule has 0 fully saturated rings. The number of aliphatic hydroxyl groups is 1. The number of aryl methyl sites for hydroxylation is 1. The lowest BCUT2D eigenvalue weighted by Crippen LogP contribution is -2.41. The van der Waals surface area contributed by atoms with Crippen LogP contribution < -0.4 is 5.32 Å². The van der Waals surface area contributed by atoms with Crippen molar-refractivity contribution in [3.05, 3.63) is 46.1 Å². The maximum Gasteiger partial charge on any atom is 0.269 e. The van der Waals surface area contributed by atoms with Crippen LogP contribution in [0.3, 0.4) is 0 Å². The molecular weight excluding hydrogens is 308 g/mol. The summed E-state index contributed by atoms with van der Waals surface area (Å²) >= 11 is 0. The monoisotopic (exact) mass is 332 g/mol. The molecule has 2 rings (SSSR count). The number of non-ortho nitro benzene ring substituents is 1. The van der Waals surface area contributed by atoms with E-state index in [9.17, 15) is 15.2 Å². The van der Waals surface area contributed by atoms with Crippen LogP contribution in [0.15, 0.2) is 30.5 Å². The molecule has 0 bridgehead atoms. The van der Waals surface area contributed by atoms with Crippen molar-refractivity contribution in [2.24, 2.45) is 13.0 Å². The van der Waals surface area contributed by atoms with E-state index < -0.39 is 10.5 Å². The summed E-state index contributed by atoms with van der Waals surface area (Å²) in [6, 6.07) is 6.36. The van der Waals surface area contributed by atoms with Gasteiger partial charge < -0.3 is 10.4 Å². The van der Waals surface area contributed by atoms with Gasteiger partial charge in [-0.3, -0.25) is 14.8 Å². The van der Waals surface area contributed by atoms with E-state index in [1.54, 1.807) is 16.8 Å². The summed E-state index contributed by atoms with van der Waals surface area (Å²) in [5, 5.41) is 28.8. The van der Waals surface area contributed by atoms with Gasteiger partial charge in [0.1, 0.15) is 0 Å². The van der Waals surface area contributed by atoms with E-state index in [0.717, 1.165) is 16.8 Å². The van der Waals surface area contributed by atoms with Crippen molar-refractivity contribution in [2.75, 3.05) is 6.54 Å². The first kappa shape index (κ1) is 18.1. The topological polar surface area (TPSA) is 93.2 Å². The fourth-order valence-electron chi connectivity index (χ4n) is 2.31. The molecule has 2 N–H and O–H groups in total. The van der Waals surface area contributed by atoms with E-state index in [0.29, 0.717) is 13.1 Å². The van der Waals surface area contributed by atoms with E-state index in [2.05, 4.69) is 10.4 Å². The number of nitro benzene ring substituents is 1. The van der Waals surface area contributed by atoms with Crippen LogP contribution in [0.5, 0.6) is 0 Å². The maximum atomic E-state index is 10.8. The molecule has 2 aromatic rings. The highest BCUT2D eigenvalue weighted by Gasteiger charge is 2.24. The molecule has 0 aliphatic rings. The minimum Gasteiger partial charge on any atom is -0.389 e. The normalized spacial score (nSPS) is 13.9. The lowest BCUT2D eigenvalue weighted by Gasteiger charge is -2.27. The van der Waals surface area contributed by atoms with E-state index in [1.807, 2.05) is 34.0 Å². The van der Waals surface area contributed by atoms with Crippen molar-refractivity contribution in [2.45, 2.75) is 32.9 Å². The zero-order chi connectivity index (χ0) is 17.9. The minimum atomic E-state index is -0.782. The minimum absolute atomic E-state index is 0.0577. The van der Waals surface area contributed by atoms with Crippen molar-refractivity contribution in [3.8, 4) is 11.3 Å². The molecule has 0 aliphatic heterocycles. The second kappa shape index (κ2) is 7.11. The summed E-state index contributed by atoms with van der Waals surface area (Å²) in [6.07, 6.45) is 1.91. The number of nitrogens with one attached hydrogen (secondary N) is 1. The Balaban J connectivity index is 2.14. The molecule has 24 heavy (non-hydrogen) atoms. The van der Waals surface area contributed by atoms with Crippen LogP contribution in [-0.4, -0.2) is 32.0 Å². The van der Waals surface area contributed by atoms with Crippen molar-refractivity contribution in [1.82, 2.24) is 15.1 Å². The standard InChI is InChI=1S/C17H24N4O3/c1-12(2)17(3,22)11-18-9-14-10-20(4)19-16(14)13-5-7-15(8-6-13)21(23)24/h5-8,10,12,18,22H,9,11H2,1-4H3. The third-order valence-corrected chi connectivity index (χ3v) is 4.30. The fraction of sp³-hybridized carbons (Fsp3) is 0.471. The second-order valence-electron chi connectivity index (χ2n) is 6.60. The van der Waals surface area contributed by atoms with Gasteiger partial charge in [-0.05, 0) is 25.0 Å². The van der Waals surface area contributed by atoms with Gasteiger partial charge in [0.25, 0.3) is 5.69 Å². The molecule has 1 heterocycles. The number of hydrogen-bond acceptors (Lipinski definition) is 5. The summed E-state index contributed by atoms with van der Waals surface area (Å²) in [7, 11) is 1.84. The van der Waals surface area contributed by atoms with Gasteiger partial charge in [-0.2, -0.15) is 5.10 Å². The van der Waals surface area contributed by atoms with Crippen LogP contribution in [0, 0.1) is 16.0 Å². The van der Waals surface area contributed by atoms with Crippen LogP contribution in [0.1, 0.15) is 26.3 Å². The van der Waals surface area contributed by atoms with Crippen LogP contribution in [0.2, 0.25) is 0 Å². The van der Waals surface area contributed by atoms with E-state index >= 15 is 0 Å². The van der Waals surface area contributed by atoms with Crippen LogP contribution in [0.4, 0.5) is 5.69 Å². The highest BCUT2D eigenvalue weighted by atomic mass is 16.6. The van der Waals surface area contributed by atoms with Crippen molar-refractivity contribution in [3.63, 3.8) is 0 Å². The third-order valence-electron chi connectivity index (χ3n) is 4.30. The van der Waals surface area contributed by atoms with Gasteiger partial charge in [0.15, 0.2) is 0 Å². The molecular formula is C17H24N4O3. The number of rotatable bonds is 7. The molecule has 130 valence electrons. The van der Waals surface area contributed by atoms with Crippen molar-refractivity contribution < 1.29 is 10.0 Å². The quantitative estimate of drug-likeness (QED) is 0.600. The molecule has 1 unspecified atom stereocenters. The zero-order valence-electron chi connectivity index (χ0n) is 14.5.